The van der Waals surface area contributed by atoms with Crippen molar-refractivity contribution in [3.8, 4) is 0 Å². The van der Waals surface area contributed by atoms with Crippen molar-refractivity contribution in [2.75, 3.05) is 12.0 Å². The van der Waals surface area contributed by atoms with Crippen molar-refractivity contribution >= 4 is 23.4 Å². The van der Waals surface area contributed by atoms with Crippen LogP contribution in [0.1, 0.15) is 12.0 Å². The van der Waals surface area contributed by atoms with Gasteiger partial charge in [0.15, 0.2) is 0 Å². The molecular weight excluding hydrogens is 247 g/mol. The second-order valence-corrected chi connectivity index (χ2v) is 4.99. The van der Waals surface area contributed by atoms with Crippen LogP contribution in [0.2, 0.25) is 5.02 Å². The molecule has 0 aliphatic rings. The Morgan fingerprint density at radius 2 is 2.31 bits per heavy atom. The second-order valence-electron chi connectivity index (χ2n) is 3.60. The summed E-state index contributed by atoms with van der Waals surface area (Å²) >= 11 is 7.39. The number of hydrogen-bond donors (Lipinski definition) is 2. The smallest absolute Gasteiger partial charge is 0.142 e. The minimum Gasteiger partial charge on any atom is -0.271 e. The van der Waals surface area contributed by atoms with Gasteiger partial charge in [-0.05, 0) is 42.5 Å². The van der Waals surface area contributed by atoms with E-state index >= 15 is 0 Å². The first-order valence-electron chi connectivity index (χ1n) is 5.06. The Bertz CT molecular complexity index is 336. The summed E-state index contributed by atoms with van der Waals surface area (Å²) in [6, 6.07) is 5.04. The molecule has 0 heterocycles. The van der Waals surface area contributed by atoms with Crippen LogP contribution in [0.5, 0.6) is 0 Å². The summed E-state index contributed by atoms with van der Waals surface area (Å²) in [5, 5.41) is 0.158. The SMILES string of the molecule is CSCCC(Cc1ccc(Cl)c(F)c1)NN. The van der Waals surface area contributed by atoms with Gasteiger partial charge in [-0.3, -0.25) is 11.3 Å². The van der Waals surface area contributed by atoms with E-state index < -0.39 is 0 Å². The average Bonchev–Trinajstić information content (AvgIpc) is 2.29. The van der Waals surface area contributed by atoms with Crippen LogP contribution >= 0.6 is 23.4 Å². The molecule has 0 bridgehead atoms. The Morgan fingerprint density at radius 3 is 2.88 bits per heavy atom. The van der Waals surface area contributed by atoms with Gasteiger partial charge in [-0.15, -0.1) is 0 Å². The maximum atomic E-state index is 13.2. The van der Waals surface area contributed by atoms with Gasteiger partial charge in [-0.25, -0.2) is 4.39 Å². The van der Waals surface area contributed by atoms with Crippen LogP contribution in [0.4, 0.5) is 4.39 Å². The van der Waals surface area contributed by atoms with Crippen molar-refractivity contribution in [1.29, 1.82) is 0 Å². The molecule has 0 aliphatic carbocycles. The van der Waals surface area contributed by atoms with Gasteiger partial charge in [0.2, 0.25) is 0 Å². The van der Waals surface area contributed by atoms with E-state index in [-0.39, 0.29) is 16.9 Å². The van der Waals surface area contributed by atoms with E-state index in [1.807, 2.05) is 6.07 Å². The van der Waals surface area contributed by atoms with Gasteiger partial charge in [0, 0.05) is 6.04 Å². The number of benzene rings is 1. The Morgan fingerprint density at radius 1 is 1.56 bits per heavy atom. The van der Waals surface area contributed by atoms with Crippen LogP contribution in [0, 0.1) is 5.82 Å². The van der Waals surface area contributed by atoms with Crippen LogP contribution in [0.15, 0.2) is 18.2 Å². The molecule has 2 nitrogen and oxygen atoms in total. The molecule has 0 aliphatic heterocycles. The number of halogens is 2. The molecule has 0 saturated heterocycles. The summed E-state index contributed by atoms with van der Waals surface area (Å²) in [5.74, 6) is 6.11. The Hall–Kier alpha value is -0.290. The van der Waals surface area contributed by atoms with Gasteiger partial charge in [-0.1, -0.05) is 17.7 Å². The Kier molecular flexibility index (Phi) is 6.13. The summed E-state index contributed by atoms with van der Waals surface area (Å²) in [7, 11) is 0. The molecule has 0 radical (unpaired) electrons. The van der Waals surface area contributed by atoms with Gasteiger partial charge in [0.05, 0.1) is 5.02 Å². The molecule has 3 N–H and O–H groups in total. The number of hydrazine groups is 1. The average molecular weight is 263 g/mol. The molecule has 1 aromatic carbocycles. The van der Waals surface area contributed by atoms with E-state index in [0.29, 0.717) is 6.42 Å². The molecule has 90 valence electrons. The number of hydrogen-bond acceptors (Lipinski definition) is 3. The van der Waals surface area contributed by atoms with Gasteiger partial charge in [0.1, 0.15) is 5.82 Å². The van der Waals surface area contributed by atoms with E-state index in [2.05, 4.69) is 11.7 Å². The molecule has 0 saturated carbocycles. The first-order valence-corrected chi connectivity index (χ1v) is 6.83. The largest absolute Gasteiger partial charge is 0.271 e. The molecule has 1 rings (SSSR count). The Balaban J connectivity index is 2.59. The topological polar surface area (TPSA) is 38.0 Å². The highest BCUT2D eigenvalue weighted by molar-refractivity contribution is 7.98. The molecule has 0 spiro atoms. The highest BCUT2D eigenvalue weighted by atomic mass is 35.5. The molecule has 0 fully saturated rings. The van der Waals surface area contributed by atoms with Crippen molar-refractivity contribution in [2.24, 2.45) is 5.84 Å². The third-order valence-electron chi connectivity index (χ3n) is 2.37. The second kappa shape index (κ2) is 7.12. The lowest BCUT2D eigenvalue weighted by molar-refractivity contribution is 0.512. The lowest BCUT2D eigenvalue weighted by Gasteiger charge is -2.15. The predicted molar refractivity (Wildman–Crippen MR) is 69.2 cm³/mol. The maximum Gasteiger partial charge on any atom is 0.142 e. The minimum atomic E-state index is -0.375. The van der Waals surface area contributed by atoms with E-state index in [1.165, 1.54) is 6.07 Å². The summed E-state index contributed by atoms with van der Waals surface area (Å²) in [4.78, 5) is 0. The number of thioether (sulfide) groups is 1. The molecule has 16 heavy (non-hydrogen) atoms. The van der Waals surface area contributed by atoms with Gasteiger partial charge < -0.3 is 0 Å². The van der Waals surface area contributed by atoms with Gasteiger partial charge in [-0.2, -0.15) is 11.8 Å². The van der Waals surface area contributed by atoms with Crippen molar-refractivity contribution in [2.45, 2.75) is 18.9 Å². The first-order chi connectivity index (χ1) is 7.67. The molecule has 5 heteroatoms. The standard InChI is InChI=1S/C11H16ClFN2S/c1-16-5-4-9(15-14)6-8-2-3-10(12)11(13)7-8/h2-3,7,9,15H,4-6,14H2,1H3. The number of nitrogens with one attached hydrogen (secondary N) is 1. The highest BCUT2D eigenvalue weighted by Crippen LogP contribution is 2.17. The van der Waals surface area contributed by atoms with Gasteiger partial charge in [0.25, 0.3) is 0 Å². The van der Waals surface area contributed by atoms with Crippen LogP contribution in [-0.4, -0.2) is 18.1 Å². The molecule has 1 atom stereocenters. The third-order valence-corrected chi connectivity index (χ3v) is 3.32. The van der Waals surface area contributed by atoms with Crippen molar-refractivity contribution in [3.05, 3.63) is 34.6 Å². The summed E-state index contributed by atoms with van der Waals surface area (Å²) in [5.41, 5.74) is 3.66. The van der Waals surface area contributed by atoms with Crippen molar-refractivity contribution in [3.63, 3.8) is 0 Å². The number of nitrogens with two attached hydrogens (primary N) is 1. The fourth-order valence-electron chi connectivity index (χ4n) is 1.46. The molecule has 1 aromatic rings. The van der Waals surface area contributed by atoms with E-state index in [0.717, 1.165) is 17.7 Å². The lowest BCUT2D eigenvalue weighted by Crippen LogP contribution is -2.37. The summed E-state index contributed by atoms with van der Waals surface area (Å²) < 4.78 is 13.2. The van der Waals surface area contributed by atoms with Gasteiger partial charge >= 0.3 is 0 Å². The Labute approximate surface area is 105 Å². The quantitative estimate of drug-likeness (QED) is 0.611. The summed E-state index contributed by atoms with van der Waals surface area (Å²) in [6.45, 7) is 0. The van der Waals surface area contributed by atoms with Crippen LogP contribution in [-0.2, 0) is 6.42 Å². The van der Waals surface area contributed by atoms with E-state index in [1.54, 1.807) is 17.8 Å². The molecule has 0 aromatic heterocycles. The first kappa shape index (κ1) is 13.8. The maximum absolute atomic E-state index is 13.2. The van der Waals surface area contributed by atoms with Crippen LogP contribution < -0.4 is 11.3 Å². The van der Waals surface area contributed by atoms with E-state index in [4.69, 9.17) is 17.4 Å². The fraction of sp³-hybridized carbons (Fsp3) is 0.455. The molecular formula is C11H16ClFN2S. The fourth-order valence-corrected chi connectivity index (χ4v) is 2.09. The zero-order chi connectivity index (χ0) is 12.0. The van der Waals surface area contributed by atoms with Crippen molar-refractivity contribution in [1.82, 2.24) is 5.43 Å². The third kappa shape index (κ3) is 4.29. The highest BCUT2D eigenvalue weighted by Gasteiger charge is 2.09. The summed E-state index contributed by atoms with van der Waals surface area (Å²) in [6.07, 6.45) is 3.72. The molecule has 1 unspecified atom stereocenters. The molecule has 0 amide bonds. The monoisotopic (exact) mass is 262 g/mol. The zero-order valence-corrected chi connectivity index (χ0v) is 10.7. The number of rotatable bonds is 6. The predicted octanol–water partition coefficient (Wildman–Crippen LogP) is 2.61. The van der Waals surface area contributed by atoms with Crippen molar-refractivity contribution < 1.29 is 4.39 Å². The van der Waals surface area contributed by atoms with E-state index in [9.17, 15) is 4.39 Å². The van der Waals surface area contributed by atoms with Crippen LogP contribution in [0.3, 0.4) is 0 Å². The zero-order valence-electron chi connectivity index (χ0n) is 9.17. The normalized spacial score (nSPS) is 12.8. The van der Waals surface area contributed by atoms with Crippen LogP contribution in [0.25, 0.3) is 0 Å². The minimum absolute atomic E-state index is 0.158. The lowest BCUT2D eigenvalue weighted by atomic mass is 10.0.